The lowest BCUT2D eigenvalue weighted by molar-refractivity contribution is 0.440. The van der Waals surface area contributed by atoms with Crippen LogP contribution in [-0.2, 0) is 0 Å². The van der Waals surface area contributed by atoms with Crippen LogP contribution in [0.2, 0.25) is 0 Å². The van der Waals surface area contributed by atoms with Gasteiger partial charge in [0.1, 0.15) is 0 Å². The first-order chi connectivity index (χ1) is 10.6. The van der Waals surface area contributed by atoms with E-state index >= 15 is 0 Å². The van der Waals surface area contributed by atoms with Crippen LogP contribution < -0.4 is 0 Å². The Balaban J connectivity index is 1.74. The first kappa shape index (κ1) is 17.9. The Labute approximate surface area is 163 Å². The molecule has 6 heteroatoms. The Hall–Kier alpha value is 1.06. The monoisotopic (exact) mass is 404 g/mol. The van der Waals surface area contributed by atoms with Crippen molar-refractivity contribution in [3.63, 3.8) is 0 Å². The van der Waals surface area contributed by atoms with Crippen LogP contribution in [0.1, 0.15) is 44.9 Å². The molecule has 2 heterocycles. The fourth-order valence-electron chi connectivity index (χ4n) is 3.93. The van der Waals surface area contributed by atoms with Crippen molar-refractivity contribution >= 4 is 89.8 Å². The molecule has 0 aromatic carbocycles. The smallest absolute Gasteiger partial charge is 0.0569 e. The second-order valence-corrected chi connectivity index (χ2v) is 11.2. The van der Waals surface area contributed by atoms with E-state index in [1.165, 1.54) is 54.0 Å². The van der Waals surface area contributed by atoms with Gasteiger partial charge in [-0.15, -0.1) is 11.8 Å². The van der Waals surface area contributed by atoms with Crippen LogP contribution in [0.5, 0.6) is 0 Å². The number of thiocarbonyl (C=S) groups is 4. The van der Waals surface area contributed by atoms with Crippen molar-refractivity contribution in [3.8, 4) is 0 Å². The van der Waals surface area contributed by atoms with Gasteiger partial charge in [-0.3, -0.25) is 0 Å². The molecule has 3 aliphatic rings. The lowest BCUT2D eigenvalue weighted by Gasteiger charge is -2.32. The molecule has 0 bridgehead atoms. The molecule has 0 aromatic rings. The van der Waals surface area contributed by atoms with Gasteiger partial charge in [0.15, 0.2) is 0 Å². The maximum Gasteiger partial charge on any atom is 0.0569 e. The van der Waals surface area contributed by atoms with E-state index in [4.69, 9.17) is 48.9 Å². The molecule has 4 unspecified atom stereocenters. The van der Waals surface area contributed by atoms with Crippen molar-refractivity contribution < 1.29 is 0 Å². The summed E-state index contributed by atoms with van der Waals surface area (Å²) in [4.78, 5) is 1.25. The molecule has 120 valence electrons. The minimum absolute atomic E-state index is 0.530. The third-order valence-corrected chi connectivity index (χ3v) is 9.60. The molecule has 1 aliphatic carbocycles. The quantitative estimate of drug-likeness (QED) is 0.448. The molecule has 0 amide bonds. The van der Waals surface area contributed by atoms with Gasteiger partial charge in [-0.25, -0.2) is 0 Å². The molecular weight excluding hydrogens is 385 g/mol. The van der Waals surface area contributed by atoms with Gasteiger partial charge in [0.2, 0.25) is 0 Å². The number of fused-ring (bicyclic) bond motifs is 2. The van der Waals surface area contributed by atoms with Crippen LogP contribution in [-0.4, -0.2) is 23.2 Å². The van der Waals surface area contributed by atoms with Crippen molar-refractivity contribution in [3.05, 3.63) is 0 Å². The molecule has 0 N–H and O–H groups in total. The highest BCUT2D eigenvalue weighted by molar-refractivity contribution is 8.38. The van der Waals surface area contributed by atoms with E-state index in [1.807, 2.05) is 11.8 Å². The van der Waals surface area contributed by atoms with E-state index in [-0.39, 0.29) is 0 Å². The normalized spacial score (nSPS) is 37.5. The van der Waals surface area contributed by atoms with E-state index in [9.17, 15) is 0 Å². The fraction of sp³-hybridized carbons (Fsp3) is 0.750. The van der Waals surface area contributed by atoms with Crippen molar-refractivity contribution in [2.24, 2.45) is 23.7 Å². The fourth-order valence-corrected chi connectivity index (χ4v) is 8.17. The lowest BCUT2D eigenvalue weighted by Crippen LogP contribution is -2.33. The van der Waals surface area contributed by atoms with Crippen molar-refractivity contribution in [2.75, 3.05) is 5.75 Å². The Bertz CT molecular complexity index is 511. The molecule has 0 spiro atoms. The first-order valence-electron chi connectivity index (χ1n) is 8.03. The van der Waals surface area contributed by atoms with Crippen LogP contribution in [0.4, 0.5) is 0 Å². The summed E-state index contributed by atoms with van der Waals surface area (Å²) >= 11 is 26.0. The summed E-state index contributed by atoms with van der Waals surface area (Å²) in [5, 5.41) is 0. The molecule has 3 fully saturated rings. The van der Waals surface area contributed by atoms with Crippen LogP contribution in [0.25, 0.3) is 0 Å². The maximum absolute atomic E-state index is 5.68. The molecule has 3 rings (SSSR count). The third kappa shape index (κ3) is 3.83. The van der Waals surface area contributed by atoms with Crippen molar-refractivity contribution in [2.45, 2.75) is 44.9 Å². The average Bonchev–Trinajstić information content (AvgIpc) is 2.73. The number of rotatable bonds is 0. The zero-order valence-corrected chi connectivity index (χ0v) is 17.3. The Morgan fingerprint density at radius 2 is 1.14 bits per heavy atom. The molecule has 22 heavy (non-hydrogen) atoms. The van der Waals surface area contributed by atoms with Crippen molar-refractivity contribution in [1.29, 1.82) is 0 Å². The highest BCUT2D eigenvalue weighted by atomic mass is 32.2. The van der Waals surface area contributed by atoms with Crippen molar-refractivity contribution in [1.82, 2.24) is 0 Å². The standard InChI is InChI=1S/C16H20S6/c17-13-8-21-14(18)10-4-1-2-5-11-12(7-3-6-9(10)13)16(20)22-15(11)19/h9-12H,1-8H2. The topological polar surface area (TPSA) is 0 Å². The molecule has 1 saturated carbocycles. The van der Waals surface area contributed by atoms with Crippen LogP contribution in [0.15, 0.2) is 0 Å². The molecule has 2 saturated heterocycles. The van der Waals surface area contributed by atoms with Crippen LogP contribution in [0.3, 0.4) is 0 Å². The molecule has 0 aromatic heterocycles. The number of hydrogen-bond donors (Lipinski definition) is 0. The van der Waals surface area contributed by atoms with Gasteiger partial charge in [-0.2, -0.15) is 0 Å². The Morgan fingerprint density at radius 3 is 1.77 bits per heavy atom. The molecule has 4 atom stereocenters. The lowest BCUT2D eigenvalue weighted by atomic mass is 9.82. The second-order valence-electron chi connectivity index (χ2n) is 6.46. The summed E-state index contributed by atoms with van der Waals surface area (Å²) in [6, 6.07) is 0. The number of hydrogen-bond acceptors (Lipinski definition) is 6. The SMILES string of the molecule is S=C1CSC(=S)C2CCCCC3C(=S)SC(=S)C3CCCC12. The summed E-state index contributed by atoms with van der Waals surface area (Å²) < 4.78 is 3.50. The van der Waals surface area contributed by atoms with E-state index in [0.717, 1.165) is 14.1 Å². The highest BCUT2D eigenvalue weighted by Gasteiger charge is 2.38. The van der Waals surface area contributed by atoms with Crippen LogP contribution in [0, 0.1) is 23.7 Å². The summed E-state index contributed by atoms with van der Waals surface area (Å²) in [7, 11) is 0. The minimum atomic E-state index is 0.530. The van der Waals surface area contributed by atoms with Gasteiger partial charge in [0.25, 0.3) is 0 Å². The summed E-state index contributed by atoms with van der Waals surface area (Å²) in [6.45, 7) is 0. The van der Waals surface area contributed by atoms with E-state index in [0.29, 0.717) is 23.7 Å². The van der Waals surface area contributed by atoms with Gasteiger partial charge < -0.3 is 0 Å². The second kappa shape index (κ2) is 7.96. The van der Waals surface area contributed by atoms with Gasteiger partial charge in [0.05, 0.1) is 12.6 Å². The molecule has 2 aliphatic heterocycles. The van der Waals surface area contributed by atoms with Gasteiger partial charge in [0, 0.05) is 28.4 Å². The number of thioether (sulfide) groups is 2. The summed E-state index contributed by atoms with van der Waals surface area (Å²) in [6.07, 6.45) is 8.48. The van der Waals surface area contributed by atoms with Gasteiger partial charge in [-0.1, -0.05) is 79.9 Å². The predicted octanol–water partition coefficient (Wildman–Crippen LogP) is 6.04. The van der Waals surface area contributed by atoms with Gasteiger partial charge >= 0.3 is 0 Å². The third-order valence-electron chi connectivity index (χ3n) is 5.16. The van der Waals surface area contributed by atoms with Gasteiger partial charge in [-0.05, 0) is 31.6 Å². The average molecular weight is 405 g/mol. The zero-order valence-electron chi connectivity index (χ0n) is 12.4. The van der Waals surface area contributed by atoms with E-state index < -0.39 is 0 Å². The predicted molar refractivity (Wildman–Crippen MR) is 117 cm³/mol. The Morgan fingerprint density at radius 1 is 0.636 bits per heavy atom. The van der Waals surface area contributed by atoms with Crippen LogP contribution >= 0.6 is 72.4 Å². The van der Waals surface area contributed by atoms with E-state index in [2.05, 4.69) is 0 Å². The summed E-state index contributed by atoms with van der Waals surface area (Å²) in [5.74, 6) is 3.10. The molecule has 0 radical (unpaired) electrons. The zero-order chi connectivity index (χ0) is 15.7. The van der Waals surface area contributed by atoms with E-state index in [1.54, 1.807) is 11.8 Å². The Kier molecular flexibility index (Phi) is 6.47. The molecular formula is C16H20S6. The summed E-state index contributed by atoms with van der Waals surface area (Å²) in [5.41, 5.74) is 0. The minimum Gasteiger partial charge on any atom is -0.113 e. The largest absolute Gasteiger partial charge is 0.113 e. The highest BCUT2D eigenvalue weighted by Crippen LogP contribution is 2.44. The first-order valence-corrected chi connectivity index (χ1v) is 11.5. The maximum atomic E-state index is 5.68. The molecule has 0 nitrogen and oxygen atoms in total.